The predicted molar refractivity (Wildman–Crippen MR) is 74.4 cm³/mol. The van der Waals surface area contributed by atoms with Crippen LogP contribution in [0.1, 0.15) is 5.56 Å². The van der Waals surface area contributed by atoms with Gasteiger partial charge in [-0.15, -0.1) is 0 Å². The van der Waals surface area contributed by atoms with Gasteiger partial charge in [-0.2, -0.15) is 4.98 Å². The molecule has 0 atom stereocenters. The summed E-state index contributed by atoms with van der Waals surface area (Å²) in [6.07, 6.45) is 0. The van der Waals surface area contributed by atoms with Crippen molar-refractivity contribution in [2.45, 2.75) is 6.54 Å². The Morgan fingerprint density at radius 3 is 2.42 bits per heavy atom. The highest BCUT2D eigenvalue weighted by molar-refractivity contribution is 6.42. The molecule has 4 nitrogen and oxygen atoms in total. The van der Waals surface area contributed by atoms with Gasteiger partial charge in [0.1, 0.15) is 10.8 Å². The fraction of sp³-hybridized carbons (Fsp3) is 0.0833. The molecule has 0 aliphatic heterocycles. The van der Waals surface area contributed by atoms with Crippen LogP contribution in [0.2, 0.25) is 15.2 Å². The van der Waals surface area contributed by atoms with Crippen LogP contribution in [0.25, 0.3) is 0 Å². The maximum atomic E-state index is 8.58. The number of ether oxygens (including phenoxy) is 1. The minimum atomic E-state index is 0.127. The van der Waals surface area contributed by atoms with E-state index in [0.717, 1.165) is 5.56 Å². The number of nitrogens with zero attached hydrogens (tertiary/aromatic N) is 1. The van der Waals surface area contributed by atoms with Gasteiger partial charge < -0.3 is 9.94 Å². The molecular weight excluding hydrogens is 311 g/mol. The van der Waals surface area contributed by atoms with Gasteiger partial charge in [0.15, 0.2) is 5.15 Å². The molecular formula is C12H9Cl3N2O2. The van der Waals surface area contributed by atoms with E-state index in [9.17, 15) is 0 Å². The van der Waals surface area contributed by atoms with Gasteiger partial charge in [0.05, 0.1) is 5.02 Å². The van der Waals surface area contributed by atoms with E-state index in [1.165, 1.54) is 6.07 Å². The Hall–Kier alpha value is -1.04. The molecule has 1 aromatic carbocycles. The number of hydrogen-bond acceptors (Lipinski definition) is 4. The van der Waals surface area contributed by atoms with Crippen molar-refractivity contribution in [1.82, 2.24) is 10.5 Å². The molecule has 100 valence electrons. The molecule has 0 saturated carbocycles. The molecule has 0 saturated heterocycles. The topological polar surface area (TPSA) is 54.4 Å². The molecule has 2 aromatic rings. The van der Waals surface area contributed by atoms with Gasteiger partial charge in [-0.3, -0.25) is 0 Å². The maximum absolute atomic E-state index is 8.58. The zero-order valence-corrected chi connectivity index (χ0v) is 11.8. The lowest BCUT2D eigenvalue weighted by Gasteiger charge is -2.08. The van der Waals surface area contributed by atoms with Gasteiger partial charge >= 0.3 is 0 Å². The predicted octanol–water partition coefficient (Wildman–Crippen LogP) is 4.31. The first kappa shape index (κ1) is 14.4. The Balaban J connectivity index is 2.19. The minimum Gasteiger partial charge on any atom is -0.437 e. The minimum absolute atomic E-state index is 0.127. The van der Waals surface area contributed by atoms with E-state index in [0.29, 0.717) is 12.3 Å². The first-order valence-electron chi connectivity index (χ1n) is 5.25. The van der Waals surface area contributed by atoms with Gasteiger partial charge in [-0.25, -0.2) is 5.48 Å². The molecule has 0 unspecified atom stereocenters. The lowest BCUT2D eigenvalue weighted by atomic mass is 10.2. The fourth-order valence-electron chi connectivity index (χ4n) is 1.38. The molecule has 7 heteroatoms. The number of benzene rings is 1. The number of pyridine rings is 1. The average molecular weight is 320 g/mol. The van der Waals surface area contributed by atoms with Gasteiger partial charge in [-0.05, 0) is 23.8 Å². The van der Waals surface area contributed by atoms with Crippen molar-refractivity contribution in [2.24, 2.45) is 0 Å². The van der Waals surface area contributed by atoms with Gasteiger partial charge in [0.25, 0.3) is 0 Å². The molecule has 2 N–H and O–H groups in total. The number of hydroxylamine groups is 1. The summed E-state index contributed by atoms with van der Waals surface area (Å²) in [6.45, 7) is 0.353. The number of rotatable bonds is 4. The van der Waals surface area contributed by atoms with E-state index >= 15 is 0 Å². The summed E-state index contributed by atoms with van der Waals surface area (Å²) in [5.74, 6) is 0.735. The Morgan fingerprint density at radius 1 is 1.11 bits per heavy atom. The molecule has 0 aliphatic rings. The molecule has 0 bridgehead atoms. The molecule has 0 radical (unpaired) electrons. The van der Waals surface area contributed by atoms with Crippen LogP contribution in [0.15, 0.2) is 30.3 Å². The van der Waals surface area contributed by atoms with Gasteiger partial charge in [0.2, 0.25) is 5.88 Å². The van der Waals surface area contributed by atoms with Crippen LogP contribution in [0.5, 0.6) is 11.6 Å². The first-order valence-corrected chi connectivity index (χ1v) is 6.39. The summed E-state index contributed by atoms with van der Waals surface area (Å²) >= 11 is 17.5. The Bertz CT molecular complexity index is 576. The highest BCUT2D eigenvalue weighted by Gasteiger charge is 2.10. The molecule has 0 fully saturated rings. The van der Waals surface area contributed by atoms with E-state index < -0.39 is 0 Å². The first-order chi connectivity index (χ1) is 9.10. The summed E-state index contributed by atoms with van der Waals surface area (Å²) in [5, 5.41) is 9.25. The third-order valence-electron chi connectivity index (χ3n) is 2.28. The highest BCUT2D eigenvalue weighted by atomic mass is 35.5. The number of halogens is 3. The van der Waals surface area contributed by atoms with Crippen LogP contribution in [0.3, 0.4) is 0 Å². The van der Waals surface area contributed by atoms with E-state index in [1.54, 1.807) is 24.3 Å². The summed E-state index contributed by atoms with van der Waals surface area (Å²) in [6, 6.07) is 8.52. The SMILES string of the molecule is ONCc1ccc(Oc2nc(Cl)c(Cl)cc2Cl)cc1. The van der Waals surface area contributed by atoms with Crippen LogP contribution in [0, 0.1) is 0 Å². The van der Waals surface area contributed by atoms with Crippen molar-refractivity contribution in [3.05, 3.63) is 51.1 Å². The second-order valence-electron chi connectivity index (χ2n) is 3.63. The second kappa shape index (κ2) is 6.41. The smallest absolute Gasteiger partial charge is 0.239 e. The van der Waals surface area contributed by atoms with Crippen LogP contribution in [0.4, 0.5) is 0 Å². The second-order valence-corrected chi connectivity index (χ2v) is 4.80. The quantitative estimate of drug-likeness (QED) is 0.651. The number of nitrogens with one attached hydrogen (secondary N) is 1. The van der Waals surface area contributed by atoms with E-state index in [1.807, 2.05) is 0 Å². The third kappa shape index (κ3) is 3.72. The average Bonchev–Trinajstić information content (AvgIpc) is 2.38. The van der Waals surface area contributed by atoms with Crippen molar-refractivity contribution in [1.29, 1.82) is 0 Å². The summed E-state index contributed by atoms with van der Waals surface area (Å²) in [5.41, 5.74) is 2.98. The van der Waals surface area contributed by atoms with E-state index in [4.69, 9.17) is 44.7 Å². The maximum Gasteiger partial charge on any atom is 0.239 e. The molecule has 2 rings (SSSR count). The van der Waals surface area contributed by atoms with Crippen LogP contribution < -0.4 is 10.2 Å². The zero-order chi connectivity index (χ0) is 13.8. The zero-order valence-electron chi connectivity index (χ0n) is 9.53. The lowest BCUT2D eigenvalue weighted by Crippen LogP contribution is -2.05. The number of hydrogen-bond donors (Lipinski definition) is 2. The Morgan fingerprint density at radius 2 is 1.79 bits per heavy atom. The molecule has 19 heavy (non-hydrogen) atoms. The normalized spacial score (nSPS) is 10.5. The van der Waals surface area contributed by atoms with Crippen LogP contribution in [-0.4, -0.2) is 10.2 Å². The number of aromatic nitrogens is 1. The Labute approximate surface area is 124 Å². The van der Waals surface area contributed by atoms with Crippen molar-refractivity contribution in [3.8, 4) is 11.6 Å². The summed E-state index contributed by atoms with van der Waals surface area (Å²) in [4.78, 5) is 3.95. The lowest BCUT2D eigenvalue weighted by molar-refractivity contribution is 0.161. The standard InChI is InChI=1S/C12H9Cl3N2O2/c13-9-5-10(14)12(17-11(9)15)19-8-3-1-7(2-4-8)6-16-18/h1-5,16,18H,6H2. The fourth-order valence-corrected chi connectivity index (χ4v) is 1.91. The highest BCUT2D eigenvalue weighted by Crippen LogP contribution is 2.33. The summed E-state index contributed by atoms with van der Waals surface area (Å²) < 4.78 is 5.51. The van der Waals surface area contributed by atoms with E-state index in [-0.39, 0.29) is 21.1 Å². The Kier molecular flexibility index (Phi) is 4.85. The van der Waals surface area contributed by atoms with E-state index in [2.05, 4.69) is 10.5 Å². The van der Waals surface area contributed by atoms with Crippen LogP contribution >= 0.6 is 34.8 Å². The monoisotopic (exact) mass is 318 g/mol. The molecule has 1 aromatic heterocycles. The van der Waals surface area contributed by atoms with Crippen molar-refractivity contribution in [2.75, 3.05) is 0 Å². The largest absolute Gasteiger partial charge is 0.437 e. The molecule has 0 spiro atoms. The molecule has 0 aliphatic carbocycles. The molecule has 1 heterocycles. The molecule has 0 amide bonds. The van der Waals surface area contributed by atoms with Gasteiger partial charge in [0, 0.05) is 6.54 Å². The third-order valence-corrected chi connectivity index (χ3v) is 3.22. The van der Waals surface area contributed by atoms with Crippen LogP contribution in [-0.2, 0) is 6.54 Å². The van der Waals surface area contributed by atoms with Crippen molar-refractivity contribution < 1.29 is 9.94 Å². The summed E-state index contributed by atoms with van der Waals surface area (Å²) in [7, 11) is 0. The van der Waals surface area contributed by atoms with Gasteiger partial charge in [-0.1, -0.05) is 46.9 Å². The van der Waals surface area contributed by atoms with Crippen molar-refractivity contribution >= 4 is 34.8 Å². The van der Waals surface area contributed by atoms with Crippen molar-refractivity contribution in [3.63, 3.8) is 0 Å².